The monoisotopic (exact) mass is 416 g/mol. The minimum Gasteiger partial charge on any atom is -0.450 e. The summed E-state index contributed by atoms with van der Waals surface area (Å²) in [5.41, 5.74) is 3.05. The molecule has 2 aromatic heterocycles. The molecular formula is C24H17ClN2O3. The first-order valence-corrected chi connectivity index (χ1v) is 9.92. The molecule has 5 rings (SSSR count). The molecule has 1 aliphatic heterocycles. The van der Waals surface area contributed by atoms with Gasteiger partial charge in [-0.05, 0) is 49.7 Å². The van der Waals surface area contributed by atoms with Crippen LogP contribution in [0.15, 0.2) is 69.9 Å². The van der Waals surface area contributed by atoms with E-state index in [4.69, 9.17) is 16.0 Å². The van der Waals surface area contributed by atoms with Crippen molar-refractivity contribution >= 4 is 34.3 Å². The van der Waals surface area contributed by atoms with E-state index < -0.39 is 6.04 Å². The number of aryl methyl sites for hydroxylation is 2. The van der Waals surface area contributed by atoms with Gasteiger partial charge in [0.15, 0.2) is 5.43 Å². The van der Waals surface area contributed by atoms with E-state index in [9.17, 15) is 9.59 Å². The van der Waals surface area contributed by atoms with Crippen LogP contribution in [-0.2, 0) is 0 Å². The van der Waals surface area contributed by atoms with Crippen LogP contribution in [0.4, 0.5) is 5.82 Å². The van der Waals surface area contributed by atoms with E-state index in [2.05, 4.69) is 4.98 Å². The first-order valence-electron chi connectivity index (χ1n) is 9.54. The lowest BCUT2D eigenvalue weighted by Crippen LogP contribution is -2.30. The summed E-state index contributed by atoms with van der Waals surface area (Å²) in [7, 11) is 0. The molecule has 0 saturated carbocycles. The van der Waals surface area contributed by atoms with Crippen molar-refractivity contribution in [2.75, 3.05) is 4.90 Å². The van der Waals surface area contributed by atoms with Gasteiger partial charge in [-0.3, -0.25) is 14.5 Å². The van der Waals surface area contributed by atoms with Gasteiger partial charge in [-0.15, -0.1) is 0 Å². The zero-order valence-electron chi connectivity index (χ0n) is 16.3. The van der Waals surface area contributed by atoms with Crippen molar-refractivity contribution in [3.8, 4) is 0 Å². The number of nitrogens with zero attached hydrogens (tertiary/aromatic N) is 2. The number of hydrogen-bond acceptors (Lipinski definition) is 4. The number of aromatic nitrogens is 1. The number of anilines is 1. The van der Waals surface area contributed by atoms with E-state index >= 15 is 0 Å². The Labute approximate surface area is 177 Å². The maximum absolute atomic E-state index is 13.5. The highest BCUT2D eigenvalue weighted by Crippen LogP contribution is 2.40. The van der Waals surface area contributed by atoms with E-state index in [-0.39, 0.29) is 17.1 Å². The number of benzene rings is 2. The predicted molar refractivity (Wildman–Crippen MR) is 116 cm³/mol. The molecule has 5 nitrogen and oxygen atoms in total. The Morgan fingerprint density at radius 1 is 1.00 bits per heavy atom. The molecule has 30 heavy (non-hydrogen) atoms. The SMILES string of the molecule is Cc1ccc(C2c3c(oc4ccc(Cl)cc4c3=O)C(=O)N2c2cccc(C)n2)cc1. The van der Waals surface area contributed by atoms with Gasteiger partial charge in [0.25, 0.3) is 5.91 Å². The Kier molecular flexibility index (Phi) is 4.22. The molecule has 1 atom stereocenters. The molecule has 0 aliphatic carbocycles. The Balaban J connectivity index is 1.83. The molecule has 1 aliphatic rings. The summed E-state index contributed by atoms with van der Waals surface area (Å²) >= 11 is 6.12. The van der Waals surface area contributed by atoms with Crippen LogP contribution in [0.3, 0.4) is 0 Å². The molecule has 4 aromatic rings. The lowest BCUT2D eigenvalue weighted by Gasteiger charge is -2.24. The van der Waals surface area contributed by atoms with Crippen LogP contribution in [-0.4, -0.2) is 10.9 Å². The zero-order valence-corrected chi connectivity index (χ0v) is 17.1. The molecule has 6 heteroatoms. The Hall–Kier alpha value is -3.44. The number of halogens is 1. The average molecular weight is 417 g/mol. The summed E-state index contributed by atoms with van der Waals surface area (Å²) in [5, 5.41) is 0.786. The van der Waals surface area contributed by atoms with Crippen LogP contribution in [0.25, 0.3) is 11.0 Å². The van der Waals surface area contributed by atoms with Gasteiger partial charge in [0.05, 0.1) is 17.0 Å². The third-order valence-corrected chi connectivity index (χ3v) is 5.58. The number of pyridine rings is 1. The van der Waals surface area contributed by atoms with Crippen LogP contribution in [0, 0.1) is 13.8 Å². The molecule has 2 aromatic carbocycles. The van der Waals surface area contributed by atoms with Crippen LogP contribution < -0.4 is 10.3 Å². The number of hydrogen-bond donors (Lipinski definition) is 0. The first-order chi connectivity index (χ1) is 14.4. The highest BCUT2D eigenvalue weighted by molar-refractivity contribution is 6.31. The maximum Gasteiger partial charge on any atom is 0.296 e. The largest absolute Gasteiger partial charge is 0.450 e. The van der Waals surface area contributed by atoms with Crippen molar-refractivity contribution in [2.24, 2.45) is 0 Å². The standard InChI is InChI=1S/C24H17ClN2O3/c1-13-6-8-15(9-7-13)21-20-22(28)17-12-16(25)10-11-18(17)30-23(20)24(29)27(21)19-5-3-4-14(2)26-19/h3-12,21H,1-2H3. The summed E-state index contributed by atoms with van der Waals surface area (Å²) in [4.78, 5) is 33.0. The highest BCUT2D eigenvalue weighted by Gasteiger charge is 2.44. The van der Waals surface area contributed by atoms with E-state index in [1.807, 2.05) is 50.2 Å². The van der Waals surface area contributed by atoms with Gasteiger partial charge in [0.2, 0.25) is 5.76 Å². The number of fused-ring (bicyclic) bond motifs is 2. The van der Waals surface area contributed by atoms with Crippen LogP contribution >= 0.6 is 11.6 Å². The van der Waals surface area contributed by atoms with Gasteiger partial charge in [-0.25, -0.2) is 4.98 Å². The van der Waals surface area contributed by atoms with Crippen molar-refractivity contribution < 1.29 is 9.21 Å². The summed E-state index contributed by atoms with van der Waals surface area (Å²) in [6.07, 6.45) is 0. The third kappa shape index (κ3) is 2.82. The fourth-order valence-corrected chi connectivity index (χ4v) is 4.08. The summed E-state index contributed by atoms with van der Waals surface area (Å²) < 4.78 is 5.93. The predicted octanol–water partition coefficient (Wildman–Crippen LogP) is 5.21. The van der Waals surface area contributed by atoms with E-state index in [1.165, 1.54) is 4.90 Å². The lowest BCUT2D eigenvalue weighted by atomic mass is 9.97. The second-order valence-corrected chi connectivity index (χ2v) is 7.88. The molecule has 0 bridgehead atoms. The number of amides is 1. The van der Waals surface area contributed by atoms with E-state index in [0.717, 1.165) is 16.8 Å². The van der Waals surface area contributed by atoms with E-state index in [0.29, 0.717) is 27.4 Å². The number of carbonyl (C=O) groups excluding carboxylic acids is 1. The van der Waals surface area contributed by atoms with Crippen LogP contribution in [0.2, 0.25) is 5.02 Å². The van der Waals surface area contributed by atoms with Crippen molar-refractivity contribution in [1.82, 2.24) is 4.98 Å². The Morgan fingerprint density at radius 2 is 1.77 bits per heavy atom. The average Bonchev–Trinajstić information content (AvgIpc) is 3.02. The minimum atomic E-state index is -0.637. The summed E-state index contributed by atoms with van der Waals surface area (Å²) in [5.74, 6) is 0.129. The molecular weight excluding hydrogens is 400 g/mol. The van der Waals surface area contributed by atoms with Gasteiger partial charge in [0, 0.05) is 10.7 Å². The second-order valence-electron chi connectivity index (χ2n) is 7.44. The first kappa shape index (κ1) is 18.6. The molecule has 0 radical (unpaired) electrons. The van der Waals surface area contributed by atoms with Gasteiger partial charge in [-0.2, -0.15) is 0 Å². The van der Waals surface area contributed by atoms with Crippen LogP contribution in [0.1, 0.15) is 39.0 Å². The van der Waals surface area contributed by atoms with Crippen molar-refractivity contribution in [3.63, 3.8) is 0 Å². The van der Waals surface area contributed by atoms with Crippen LogP contribution in [0.5, 0.6) is 0 Å². The Bertz CT molecular complexity index is 1380. The lowest BCUT2D eigenvalue weighted by molar-refractivity contribution is 0.0970. The van der Waals surface area contributed by atoms with E-state index in [1.54, 1.807) is 24.3 Å². The minimum absolute atomic E-state index is 0.0451. The smallest absolute Gasteiger partial charge is 0.296 e. The van der Waals surface area contributed by atoms with Crippen molar-refractivity contribution in [3.05, 3.63) is 104 Å². The van der Waals surface area contributed by atoms with Crippen molar-refractivity contribution in [2.45, 2.75) is 19.9 Å². The second kappa shape index (κ2) is 6.82. The van der Waals surface area contributed by atoms with Gasteiger partial charge in [-0.1, -0.05) is 47.5 Å². The normalized spacial score (nSPS) is 15.6. The maximum atomic E-state index is 13.5. The molecule has 148 valence electrons. The molecule has 0 spiro atoms. The number of rotatable bonds is 2. The van der Waals surface area contributed by atoms with Crippen molar-refractivity contribution in [1.29, 1.82) is 0 Å². The highest BCUT2D eigenvalue weighted by atomic mass is 35.5. The molecule has 0 N–H and O–H groups in total. The molecule has 3 heterocycles. The topological polar surface area (TPSA) is 63.4 Å². The molecule has 1 amide bonds. The van der Waals surface area contributed by atoms with Gasteiger partial charge < -0.3 is 4.42 Å². The zero-order chi connectivity index (χ0) is 21.0. The summed E-state index contributed by atoms with van der Waals surface area (Å²) in [6.45, 7) is 3.85. The molecule has 0 saturated heterocycles. The summed E-state index contributed by atoms with van der Waals surface area (Å²) in [6, 6.07) is 17.4. The van der Waals surface area contributed by atoms with Gasteiger partial charge >= 0.3 is 0 Å². The molecule has 1 unspecified atom stereocenters. The fraction of sp³-hybridized carbons (Fsp3) is 0.125. The quantitative estimate of drug-likeness (QED) is 0.450. The Morgan fingerprint density at radius 3 is 2.50 bits per heavy atom. The number of carbonyl (C=O) groups is 1. The van der Waals surface area contributed by atoms with Gasteiger partial charge in [0.1, 0.15) is 11.4 Å². The third-order valence-electron chi connectivity index (χ3n) is 5.35. The fourth-order valence-electron chi connectivity index (χ4n) is 3.91. The molecule has 0 fully saturated rings.